The molecule has 1 aromatic carbocycles. The summed E-state index contributed by atoms with van der Waals surface area (Å²) in [6.07, 6.45) is 3.92. The van der Waals surface area contributed by atoms with Crippen molar-refractivity contribution in [3.63, 3.8) is 0 Å². The number of ketones is 1. The van der Waals surface area contributed by atoms with Gasteiger partial charge in [-0.3, -0.25) is 10.1 Å². The van der Waals surface area contributed by atoms with Crippen molar-refractivity contribution in [2.24, 2.45) is 16.8 Å². The van der Waals surface area contributed by atoms with Crippen LogP contribution in [0.25, 0.3) is 0 Å². The molecule has 0 spiro atoms. The number of rotatable bonds is 8. The normalized spacial score (nSPS) is 15.6. The van der Waals surface area contributed by atoms with E-state index < -0.39 is 21.3 Å². The molecule has 1 saturated carbocycles. The molecule has 9 nitrogen and oxygen atoms in total. The zero-order valence-corrected chi connectivity index (χ0v) is 18.9. The van der Waals surface area contributed by atoms with Gasteiger partial charge in [-0.15, -0.1) is 11.3 Å². The molecule has 1 unspecified atom stereocenters. The highest BCUT2D eigenvalue weighted by Gasteiger charge is 2.26. The number of nitrogens with zero attached hydrogens (tertiary/aromatic N) is 1. The van der Waals surface area contributed by atoms with Crippen LogP contribution < -0.4 is 21.5 Å². The number of Topliss-reactive ketones (excluding diaryl/α,β-unsaturated/α-hetero) is 1. The van der Waals surface area contributed by atoms with Crippen LogP contribution in [-0.4, -0.2) is 37.0 Å². The maximum atomic E-state index is 12.9. The summed E-state index contributed by atoms with van der Waals surface area (Å²) >= 11 is 1.16. The highest BCUT2D eigenvalue weighted by Crippen LogP contribution is 2.31. The lowest BCUT2D eigenvalue weighted by molar-refractivity contribution is 0.0923. The number of aryl methyl sites for hydroxylation is 1. The summed E-state index contributed by atoms with van der Waals surface area (Å²) in [7, 11) is -3.78. The second-order valence-corrected chi connectivity index (χ2v) is 10.5. The number of nitrogens with two attached hydrogens (primary N) is 2. The number of nitrogens with one attached hydrogen (secondary N) is 2. The van der Waals surface area contributed by atoms with Crippen molar-refractivity contribution in [3.8, 4) is 0 Å². The summed E-state index contributed by atoms with van der Waals surface area (Å²) in [5, 5.41) is 11.5. The molecule has 2 aromatic rings. The first-order valence-electron chi connectivity index (χ1n) is 10.1. The number of anilines is 2. The van der Waals surface area contributed by atoms with Crippen LogP contribution in [0.3, 0.4) is 0 Å². The molecule has 1 aliphatic rings. The Balaban J connectivity index is 1.68. The molecule has 1 atom stereocenters. The molecule has 0 bridgehead atoms. The van der Waals surface area contributed by atoms with Crippen LogP contribution in [0.2, 0.25) is 0 Å². The number of hydrogen-bond acceptors (Lipinski definition) is 7. The molecular formula is C20H27N5O4S2. The minimum absolute atomic E-state index is 0.00115. The third-order valence-electron chi connectivity index (χ3n) is 5.35. The van der Waals surface area contributed by atoms with Crippen molar-refractivity contribution in [3.05, 3.63) is 40.4 Å². The summed E-state index contributed by atoms with van der Waals surface area (Å²) in [6.45, 7) is 1.79. The molecule has 1 aliphatic carbocycles. The number of urea groups is 1. The van der Waals surface area contributed by atoms with Gasteiger partial charge in [0.2, 0.25) is 10.0 Å². The minimum atomic E-state index is -3.78. The first-order valence-corrected chi connectivity index (χ1v) is 12.5. The number of amides is 2. The summed E-state index contributed by atoms with van der Waals surface area (Å²) < 4.78 is 23.1. The van der Waals surface area contributed by atoms with E-state index in [1.165, 1.54) is 0 Å². The number of carbonyl (C=O) groups excluding carboxylic acids is 2. The molecule has 168 valence electrons. The van der Waals surface area contributed by atoms with Crippen LogP contribution in [0.1, 0.15) is 47.3 Å². The lowest BCUT2D eigenvalue weighted by atomic mass is 9.94. The Hall–Kier alpha value is -2.34. The number of thiazole rings is 1. The number of sulfonamides is 1. The van der Waals surface area contributed by atoms with Gasteiger partial charge < -0.3 is 11.1 Å². The van der Waals surface area contributed by atoms with Crippen molar-refractivity contribution in [2.45, 2.75) is 44.3 Å². The van der Waals surface area contributed by atoms with Gasteiger partial charge >= 0.3 is 6.03 Å². The number of aromatic nitrogens is 1. The molecule has 2 amide bonds. The Labute approximate surface area is 185 Å². The van der Waals surface area contributed by atoms with E-state index >= 15 is 0 Å². The lowest BCUT2D eigenvalue weighted by Gasteiger charge is -2.14. The first-order chi connectivity index (χ1) is 14.7. The van der Waals surface area contributed by atoms with E-state index in [1.807, 2.05) is 13.0 Å². The average Bonchev–Trinajstić information content (AvgIpc) is 3.38. The van der Waals surface area contributed by atoms with Crippen molar-refractivity contribution in [1.29, 1.82) is 0 Å². The summed E-state index contributed by atoms with van der Waals surface area (Å²) in [5.41, 5.74) is 7.87. The minimum Gasteiger partial charge on any atom is -0.329 e. The fourth-order valence-electron chi connectivity index (χ4n) is 3.65. The van der Waals surface area contributed by atoms with E-state index in [0.717, 1.165) is 42.6 Å². The van der Waals surface area contributed by atoms with Crippen LogP contribution in [0.4, 0.5) is 15.6 Å². The van der Waals surface area contributed by atoms with Crippen molar-refractivity contribution in [2.75, 3.05) is 17.2 Å². The van der Waals surface area contributed by atoms with Crippen LogP contribution >= 0.6 is 11.3 Å². The van der Waals surface area contributed by atoms with Crippen LogP contribution in [0, 0.1) is 12.8 Å². The van der Waals surface area contributed by atoms with E-state index in [2.05, 4.69) is 15.6 Å². The van der Waals surface area contributed by atoms with Gasteiger partial charge in [-0.2, -0.15) is 0 Å². The molecule has 1 aromatic heterocycles. The lowest BCUT2D eigenvalue weighted by Crippen LogP contribution is -2.36. The molecule has 1 heterocycles. The predicted octanol–water partition coefficient (Wildman–Crippen LogP) is 2.63. The Bertz CT molecular complexity index is 1060. The summed E-state index contributed by atoms with van der Waals surface area (Å²) in [5.74, 6) is 0.0603. The van der Waals surface area contributed by atoms with E-state index in [1.54, 1.807) is 17.5 Å². The largest absolute Gasteiger partial charge is 0.329 e. The molecule has 0 saturated heterocycles. The monoisotopic (exact) mass is 465 g/mol. The number of primary sulfonamides is 1. The van der Waals surface area contributed by atoms with E-state index in [4.69, 9.17) is 10.9 Å². The topological polar surface area (TPSA) is 157 Å². The number of benzene rings is 1. The van der Waals surface area contributed by atoms with E-state index in [0.29, 0.717) is 22.1 Å². The van der Waals surface area contributed by atoms with Gasteiger partial charge in [0.25, 0.3) is 0 Å². The molecule has 1 fully saturated rings. The van der Waals surface area contributed by atoms with Crippen LogP contribution in [-0.2, 0) is 16.4 Å². The SMILES string of the molecule is Cc1ccc(NC(=O)Nc2nc(CC(CN)S(N)(=O)=O)cs2)c(C(=O)C2CCCC2)c1. The number of hydrogen-bond donors (Lipinski definition) is 4. The zero-order valence-electron chi connectivity index (χ0n) is 17.3. The number of carbonyl (C=O) groups is 2. The van der Waals surface area contributed by atoms with Gasteiger partial charge in [-0.05, 0) is 31.9 Å². The quantitative estimate of drug-likeness (QED) is 0.439. The summed E-state index contributed by atoms with van der Waals surface area (Å²) in [4.78, 5) is 29.7. The van der Waals surface area contributed by atoms with E-state index in [9.17, 15) is 18.0 Å². The zero-order chi connectivity index (χ0) is 22.6. The average molecular weight is 466 g/mol. The fourth-order valence-corrected chi connectivity index (χ4v) is 5.04. The molecule has 3 rings (SSSR count). The van der Waals surface area contributed by atoms with Crippen LogP contribution in [0.15, 0.2) is 23.6 Å². The molecular weight excluding hydrogens is 438 g/mol. The summed E-state index contributed by atoms with van der Waals surface area (Å²) in [6, 6.07) is 4.83. The van der Waals surface area contributed by atoms with Gasteiger partial charge in [0, 0.05) is 29.8 Å². The van der Waals surface area contributed by atoms with Crippen LogP contribution in [0.5, 0.6) is 0 Å². The molecule has 0 radical (unpaired) electrons. The van der Waals surface area contributed by atoms with Crippen molar-refractivity contribution in [1.82, 2.24) is 4.98 Å². The third kappa shape index (κ3) is 6.10. The Morgan fingerprint density at radius 1 is 1.26 bits per heavy atom. The standard InChI is InChI=1S/C20H27N5O4S2/c1-12-6-7-17(16(8-12)18(26)13-4-2-3-5-13)24-19(27)25-20-23-14(11-30-20)9-15(10-21)31(22,28)29/h6-8,11,13,15H,2-5,9-10,21H2,1H3,(H2,22,28,29)(H2,23,24,25,27). The maximum Gasteiger partial charge on any atom is 0.325 e. The van der Waals surface area contributed by atoms with Gasteiger partial charge in [-0.25, -0.2) is 23.3 Å². The van der Waals surface area contributed by atoms with Gasteiger partial charge in [-0.1, -0.05) is 24.5 Å². The predicted molar refractivity (Wildman–Crippen MR) is 122 cm³/mol. The smallest absolute Gasteiger partial charge is 0.325 e. The van der Waals surface area contributed by atoms with Crippen molar-refractivity contribution < 1.29 is 18.0 Å². The molecule has 0 aliphatic heterocycles. The highest BCUT2D eigenvalue weighted by atomic mass is 32.2. The van der Waals surface area contributed by atoms with Gasteiger partial charge in [0.1, 0.15) is 0 Å². The second kappa shape index (κ2) is 9.86. The third-order valence-corrected chi connectivity index (χ3v) is 7.45. The highest BCUT2D eigenvalue weighted by molar-refractivity contribution is 7.89. The Kier molecular flexibility index (Phi) is 7.42. The van der Waals surface area contributed by atoms with Crippen molar-refractivity contribution >= 4 is 44.0 Å². The van der Waals surface area contributed by atoms with Gasteiger partial charge in [0.05, 0.1) is 16.6 Å². The van der Waals surface area contributed by atoms with Gasteiger partial charge in [0.15, 0.2) is 10.9 Å². The molecule has 6 N–H and O–H groups in total. The Morgan fingerprint density at radius 3 is 2.61 bits per heavy atom. The molecule has 11 heteroatoms. The first kappa shape index (κ1) is 23.3. The second-order valence-electron chi connectivity index (χ2n) is 7.77. The molecule has 31 heavy (non-hydrogen) atoms. The fraction of sp³-hybridized carbons (Fsp3) is 0.450. The Morgan fingerprint density at radius 2 is 1.97 bits per heavy atom. The maximum absolute atomic E-state index is 12.9. The van der Waals surface area contributed by atoms with E-state index in [-0.39, 0.29) is 24.7 Å².